The fourth-order valence-electron chi connectivity index (χ4n) is 2.87. The van der Waals surface area contributed by atoms with Crippen LogP contribution in [0.4, 0.5) is 0 Å². The highest BCUT2D eigenvalue weighted by molar-refractivity contribution is 9.10. The van der Waals surface area contributed by atoms with Gasteiger partial charge in [0.15, 0.2) is 5.78 Å². The van der Waals surface area contributed by atoms with Crippen LogP contribution < -0.4 is 0 Å². The van der Waals surface area contributed by atoms with E-state index in [1.165, 1.54) is 0 Å². The second kappa shape index (κ2) is 8.85. The molecule has 132 valence electrons. The fourth-order valence-corrected chi connectivity index (χ4v) is 4.53. The summed E-state index contributed by atoms with van der Waals surface area (Å²) in [6, 6.07) is 17.3. The molecule has 0 N–H and O–H groups in total. The predicted octanol–water partition coefficient (Wildman–Crippen LogP) is 3.11. The first-order valence-electron chi connectivity index (χ1n) is 8.30. The zero-order valence-electron chi connectivity index (χ0n) is 13.9. The van der Waals surface area contributed by atoms with Gasteiger partial charge in [0, 0.05) is 36.2 Å². The third-order valence-corrected chi connectivity index (χ3v) is 6.28. The summed E-state index contributed by atoms with van der Waals surface area (Å²) in [5.41, 5.74) is 1.82. The van der Waals surface area contributed by atoms with Crippen molar-refractivity contribution in [3.05, 3.63) is 70.2 Å². The highest BCUT2D eigenvalue weighted by atomic mass is 79.9. The molecule has 0 radical (unpaired) electrons. The third kappa shape index (κ3) is 5.31. The molecular weight excluding hydrogens is 400 g/mol. The molecule has 0 amide bonds. The van der Waals surface area contributed by atoms with E-state index in [4.69, 9.17) is 0 Å². The van der Waals surface area contributed by atoms with Gasteiger partial charge in [-0.1, -0.05) is 58.4 Å². The van der Waals surface area contributed by atoms with Gasteiger partial charge in [0.2, 0.25) is 0 Å². The van der Waals surface area contributed by atoms with Gasteiger partial charge < -0.3 is 0 Å². The molecule has 0 aliphatic carbocycles. The number of nitrogens with zero attached hydrogens (tertiary/aromatic N) is 2. The molecule has 1 aliphatic heterocycles. The van der Waals surface area contributed by atoms with Crippen LogP contribution in [0.5, 0.6) is 0 Å². The smallest absolute Gasteiger partial charge is 0.176 e. The lowest BCUT2D eigenvalue weighted by molar-refractivity contribution is 0.0903. The van der Waals surface area contributed by atoms with Crippen LogP contribution in [-0.2, 0) is 16.7 Å². The van der Waals surface area contributed by atoms with Crippen LogP contribution in [0.15, 0.2) is 59.1 Å². The lowest BCUT2D eigenvalue weighted by Gasteiger charge is -2.33. The number of Topliss-reactive ketones (excluding diaryl/α,β-unsaturated/α-hetero) is 1. The normalized spacial score (nSPS) is 17.3. The first-order chi connectivity index (χ1) is 12.1. The Morgan fingerprint density at radius 1 is 1.00 bits per heavy atom. The minimum Gasteiger partial charge on any atom is -0.293 e. The Labute approximate surface area is 159 Å². The Hall–Kier alpha value is -1.34. The molecule has 1 heterocycles. The Morgan fingerprint density at radius 3 is 2.40 bits per heavy atom. The van der Waals surface area contributed by atoms with E-state index in [1.54, 1.807) is 0 Å². The van der Waals surface area contributed by atoms with Gasteiger partial charge in [-0.05, 0) is 17.7 Å². The molecule has 1 fully saturated rings. The van der Waals surface area contributed by atoms with Gasteiger partial charge in [-0.3, -0.25) is 9.69 Å². The highest BCUT2D eigenvalue weighted by Gasteiger charge is 2.23. The minimum atomic E-state index is -1.03. The molecular formula is C19H21BrN2O2S. The number of piperazine rings is 1. The number of carbonyl (C=O) groups excluding carboxylic acids is 1. The maximum atomic E-state index is 12.6. The van der Waals surface area contributed by atoms with Gasteiger partial charge in [-0.2, -0.15) is 0 Å². The molecule has 2 aromatic carbocycles. The molecule has 25 heavy (non-hydrogen) atoms. The summed E-state index contributed by atoms with van der Waals surface area (Å²) in [5, 5.41) is 0. The molecule has 2 aromatic rings. The molecule has 1 saturated heterocycles. The monoisotopic (exact) mass is 420 g/mol. The first-order valence-corrected chi connectivity index (χ1v) is 10.4. The number of rotatable bonds is 6. The average Bonchev–Trinajstić information content (AvgIpc) is 2.63. The summed E-state index contributed by atoms with van der Waals surface area (Å²) in [7, 11) is -1.03. The van der Waals surface area contributed by atoms with Crippen LogP contribution in [0, 0.1) is 0 Å². The largest absolute Gasteiger partial charge is 0.293 e. The van der Waals surface area contributed by atoms with Crippen molar-refractivity contribution in [2.24, 2.45) is 0 Å². The van der Waals surface area contributed by atoms with Crippen LogP contribution in [-0.4, -0.2) is 51.9 Å². The standard InChI is InChI=1S/C19H21BrN2O2S/c20-18-8-4-5-16(13-18)15-25(24)22-11-9-21(10-12-22)14-19(23)17-6-2-1-3-7-17/h1-8,13H,9-12,14-15H2. The zero-order chi connectivity index (χ0) is 17.6. The molecule has 0 saturated carbocycles. The quantitative estimate of drug-likeness (QED) is 0.674. The van der Waals surface area contributed by atoms with Crippen molar-refractivity contribution in [3.63, 3.8) is 0 Å². The van der Waals surface area contributed by atoms with E-state index in [-0.39, 0.29) is 5.78 Å². The molecule has 1 unspecified atom stereocenters. The van der Waals surface area contributed by atoms with Crippen LogP contribution in [0.3, 0.4) is 0 Å². The summed E-state index contributed by atoms with van der Waals surface area (Å²) in [6.45, 7) is 3.41. The summed E-state index contributed by atoms with van der Waals surface area (Å²) >= 11 is 3.45. The topological polar surface area (TPSA) is 40.6 Å². The average molecular weight is 421 g/mol. The van der Waals surface area contributed by atoms with Gasteiger partial charge in [0.25, 0.3) is 0 Å². The highest BCUT2D eigenvalue weighted by Crippen LogP contribution is 2.15. The van der Waals surface area contributed by atoms with Crippen LogP contribution in [0.25, 0.3) is 0 Å². The van der Waals surface area contributed by atoms with Crippen LogP contribution in [0.2, 0.25) is 0 Å². The van der Waals surface area contributed by atoms with Crippen molar-refractivity contribution in [1.29, 1.82) is 0 Å². The van der Waals surface area contributed by atoms with Crippen LogP contribution in [0.1, 0.15) is 15.9 Å². The molecule has 4 nitrogen and oxygen atoms in total. The summed E-state index contributed by atoms with van der Waals surface area (Å²) in [6.07, 6.45) is 0. The molecule has 1 atom stereocenters. The van der Waals surface area contributed by atoms with E-state index in [1.807, 2.05) is 58.9 Å². The molecule has 1 aliphatic rings. The maximum Gasteiger partial charge on any atom is 0.176 e. The van der Waals surface area contributed by atoms with Crippen molar-refractivity contribution in [2.45, 2.75) is 5.75 Å². The molecule has 0 bridgehead atoms. The van der Waals surface area contributed by atoms with Gasteiger partial charge in [0.1, 0.15) is 0 Å². The predicted molar refractivity (Wildman–Crippen MR) is 105 cm³/mol. The minimum absolute atomic E-state index is 0.143. The number of hydrogen-bond donors (Lipinski definition) is 0. The van der Waals surface area contributed by atoms with Gasteiger partial charge in [-0.15, -0.1) is 0 Å². The van der Waals surface area contributed by atoms with E-state index >= 15 is 0 Å². The van der Waals surface area contributed by atoms with Crippen molar-refractivity contribution < 1.29 is 9.00 Å². The number of benzene rings is 2. The lowest BCUT2D eigenvalue weighted by Crippen LogP contribution is -2.48. The van der Waals surface area contributed by atoms with Crippen LogP contribution >= 0.6 is 15.9 Å². The van der Waals surface area contributed by atoms with E-state index in [9.17, 15) is 9.00 Å². The summed E-state index contributed by atoms with van der Waals surface area (Å²) < 4.78 is 15.6. The van der Waals surface area contributed by atoms with E-state index in [0.29, 0.717) is 12.3 Å². The number of halogens is 1. The lowest BCUT2D eigenvalue weighted by atomic mass is 10.1. The van der Waals surface area contributed by atoms with Crippen molar-refractivity contribution in [1.82, 2.24) is 9.21 Å². The number of hydrogen-bond acceptors (Lipinski definition) is 3. The fraction of sp³-hybridized carbons (Fsp3) is 0.316. The second-order valence-corrected chi connectivity index (χ2v) is 8.45. The molecule has 6 heteroatoms. The first kappa shape index (κ1) is 18.5. The number of ketones is 1. The van der Waals surface area contributed by atoms with Gasteiger partial charge in [0.05, 0.1) is 23.3 Å². The Morgan fingerprint density at radius 2 is 1.72 bits per heavy atom. The molecule has 0 aromatic heterocycles. The van der Waals surface area contributed by atoms with E-state index < -0.39 is 11.0 Å². The van der Waals surface area contributed by atoms with Gasteiger partial charge in [-0.25, -0.2) is 8.51 Å². The second-order valence-electron chi connectivity index (χ2n) is 6.09. The van der Waals surface area contributed by atoms with Crippen molar-refractivity contribution in [2.75, 3.05) is 32.7 Å². The maximum absolute atomic E-state index is 12.6. The molecule has 3 rings (SSSR count). The summed E-state index contributed by atoms with van der Waals surface area (Å²) in [4.78, 5) is 14.4. The number of carbonyl (C=O) groups is 1. The Kier molecular flexibility index (Phi) is 6.53. The van der Waals surface area contributed by atoms with Gasteiger partial charge >= 0.3 is 0 Å². The van der Waals surface area contributed by atoms with Crippen molar-refractivity contribution >= 4 is 32.7 Å². The van der Waals surface area contributed by atoms with Crippen molar-refractivity contribution in [3.8, 4) is 0 Å². The van der Waals surface area contributed by atoms with E-state index in [0.717, 1.165) is 41.8 Å². The SMILES string of the molecule is O=C(CN1CCN(S(=O)Cc2cccc(Br)c2)CC1)c1ccccc1. The zero-order valence-corrected chi connectivity index (χ0v) is 16.3. The Bertz CT molecular complexity index is 746. The summed E-state index contributed by atoms with van der Waals surface area (Å²) in [5.74, 6) is 0.673. The molecule has 0 spiro atoms. The third-order valence-electron chi connectivity index (χ3n) is 4.26. The van der Waals surface area contributed by atoms with E-state index in [2.05, 4.69) is 20.8 Å². The Balaban J connectivity index is 1.48.